The highest BCUT2D eigenvalue weighted by atomic mass is 16.3. The van der Waals surface area contributed by atoms with E-state index >= 15 is 0 Å². The number of hydrogen-bond acceptors (Lipinski definition) is 4. The Hall–Kier alpha value is -1.72. The van der Waals surface area contributed by atoms with Crippen molar-refractivity contribution in [2.24, 2.45) is 0 Å². The van der Waals surface area contributed by atoms with Crippen LogP contribution in [-0.4, -0.2) is 44.0 Å². The molecule has 0 amide bonds. The monoisotopic (exact) mass is 314 g/mol. The zero-order chi connectivity index (χ0) is 16.2. The van der Waals surface area contributed by atoms with Crippen molar-refractivity contribution in [2.45, 2.75) is 52.3 Å². The van der Waals surface area contributed by atoms with Gasteiger partial charge in [0.05, 0.1) is 12.6 Å². The van der Waals surface area contributed by atoms with Gasteiger partial charge in [0.15, 0.2) is 5.82 Å². The molecule has 1 N–H and O–H groups in total. The van der Waals surface area contributed by atoms with Crippen LogP contribution < -0.4 is 0 Å². The first kappa shape index (κ1) is 16.1. The summed E-state index contributed by atoms with van der Waals surface area (Å²) in [5, 5.41) is 15.0. The van der Waals surface area contributed by atoms with Crippen LogP contribution in [0.1, 0.15) is 36.6 Å². The lowest BCUT2D eigenvalue weighted by Gasteiger charge is -2.30. The summed E-state index contributed by atoms with van der Waals surface area (Å²) in [6.07, 6.45) is 2.32. The molecule has 2 heterocycles. The van der Waals surface area contributed by atoms with Crippen molar-refractivity contribution < 1.29 is 5.11 Å². The van der Waals surface area contributed by atoms with Gasteiger partial charge < -0.3 is 5.11 Å². The van der Waals surface area contributed by atoms with Crippen LogP contribution >= 0.6 is 0 Å². The van der Waals surface area contributed by atoms with Crippen molar-refractivity contribution >= 4 is 0 Å². The molecule has 3 rings (SSSR count). The summed E-state index contributed by atoms with van der Waals surface area (Å²) in [6.45, 7) is 7.26. The van der Waals surface area contributed by atoms with Gasteiger partial charge in [0.2, 0.25) is 0 Å². The number of aromatic nitrogens is 3. The predicted octanol–water partition coefficient (Wildman–Crippen LogP) is 1.82. The molecule has 2 aromatic rings. The molecule has 1 aliphatic heterocycles. The molecule has 23 heavy (non-hydrogen) atoms. The van der Waals surface area contributed by atoms with Crippen LogP contribution in [0, 0.1) is 0 Å². The van der Waals surface area contributed by atoms with Crippen molar-refractivity contribution in [2.75, 3.05) is 13.1 Å². The van der Waals surface area contributed by atoms with Crippen LogP contribution in [0.2, 0.25) is 0 Å². The molecule has 0 fully saturated rings. The van der Waals surface area contributed by atoms with E-state index in [1.165, 1.54) is 11.1 Å². The number of benzene rings is 1. The molecule has 0 aliphatic carbocycles. The average molecular weight is 314 g/mol. The fraction of sp³-hybridized carbons (Fsp3) is 0.556. The third kappa shape index (κ3) is 3.79. The van der Waals surface area contributed by atoms with Crippen LogP contribution in [0.4, 0.5) is 0 Å². The zero-order valence-electron chi connectivity index (χ0n) is 14.1. The highest BCUT2D eigenvalue weighted by Gasteiger charge is 2.19. The Labute approximate surface area is 138 Å². The van der Waals surface area contributed by atoms with E-state index in [-0.39, 0.29) is 0 Å². The second-order valence-electron chi connectivity index (χ2n) is 6.24. The largest absolute Gasteiger partial charge is 0.390 e. The fourth-order valence-corrected chi connectivity index (χ4v) is 3.25. The van der Waals surface area contributed by atoms with E-state index in [0.717, 1.165) is 44.0 Å². The first-order valence-corrected chi connectivity index (χ1v) is 8.59. The molecule has 1 aromatic heterocycles. The molecule has 1 aliphatic rings. The first-order valence-electron chi connectivity index (χ1n) is 8.59. The minimum Gasteiger partial charge on any atom is -0.390 e. The van der Waals surface area contributed by atoms with E-state index in [9.17, 15) is 5.11 Å². The summed E-state index contributed by atoms with van der Waals surface area (Å²) in [5.41, 5.74) is 2.82. The van der Waals surface area contributed by atoms with Crippen LogP contribution in [-0.2, 0) is 32.4 Å². The summed E-state index contributed by atoms with van der Waals surface area (Å²) in [7, 11) is 0. The number of aryl methyl sites for hydroxylation is 2. The summed E-state index contributed by atoms with van der Waals surface area (Å²) in [5.74, 6) is 1.82. The second kappa shape index (κ2) is 7.23. The summed E-state index contributed by atoms with van der Waals surface area (Å²) in [6, 6.07) is 8.59. The lowest BCUT2D eigenvalue weighted by atomic mass is 10.00. The van der Waals surface area contributed by atoms with Crippen molar-refractivity contribution in [3.8, 4) is 0 Å². The van der Waals surface area contributed by atoms with Crippen LogP contribution in [0.5, 0.6) is 0 Å². The molecule has 1 atom stereocenters. The molecule has 0 spiro atoms. The van der Waals surface area contributed by atoms with Gasteiger partial charge in [-0.2, -0.15) is 5.10 Å². The Morgan fingerprint density at radius 1 is 1.13 bits per heavy atom. The summed E-state index contributed by atoms with van der Waals surface area (Å²) < 4.78 is 1.88. The molecular weight excluding hydrogens is 288 g/mol. The number of rotatable bonds is 6. The Balaban J connectivity index is 1.60. The fourth-order valence-electron chi connectivity index (χ4n) is 3.25. The van der Waals surface area contributed by atoms with Crippen molar-refractivity contribution in [1.29, 1.82) is 0 Å². The van der Waals surface area contributed by atoms with Gasteiger partial charge in [0.25, 0.3) is 0 Å². The third-order valence-electron chi connectivity index (χ3n) is 4.49. The van der Waals surface area contributed by atoms with E-state index < -0.39 is 6.10 Å². The van der Waals surface area contributed by atoms with Gasteiger partial charge in [-0.15, -0.1) is 0 Å². The summed E-state index contributed by atoms with van der Waals surface area (Å²) in [4.78, 5) is 6.83. The average Bonchev–Trinajstić information content (AvgIpc) is 2.96. The van der Waals surface area contributed by atoms with Gasteiger partial charge in [-0.1, -0.05) is 38.1 Å². The number of aliphatic hydroxyl groups excluding tert-OH is 1. The van der Waals surface area contributed by atoms with Crippen LogP contribution in [0.3, 0.4) is 0 Å². The van der Waals surface area contributed by atoms with E-state index in [1.807, 2.05) is 4.68 Å². The van der Waals surface area contributed by atoms with E-state index in [0.29, 0.717) is 13.1 Å². The Bertz CT molecular complexity index is 652. The molecule has 0 radical (unpaired) electrons. The molecular formula is C18H26N4O. The smallest absolute Gasteiger partial charge is 0.150 e. The van der Waals surface area contributed by atoms with Gasteiger partial charge in [0, 0.05) is 32.5 Å². The maximum atomic E-state index is 10.5. The topological polar surface area (TPSA) is 54.2 Å². The van der Waals surface area contributed by atoms with E-state index in [4.69, 9.17) is 0 Å². The Morgan fingerprint density at radius 2 is 1.91 bits per heavy atom. The van der Waals surface area contributed by atoms with Crippen LogP contribution in [0.15, 0.2) is 24.3 Å². The number of β-amino-alcohol motifs (C(OH)–C–C–N with tert-alkyl or cyclic N) is 1. The second-order valence-corrected chi connectivity index (χ2v) is 6.24. The van der Waals surface area contributed by atoms with Gasteiger partial charge >= 0.3 is 0 Å². The molecule has 5 heteroatoms. The highest BCUT2D eigenvalue weighted by molar-refractivity contribution is 5.29. The van der Waals surface area contributed by atoms with Crippen molar-refractivity contribution in [1.82, 2.24) is 19.7 Å². The van der Waals surface area contributed by atoms with Crippen molar-refractivity contribution in [3.05, 3.63) is 47.0 Å². The number of aliphatic hydroxyl groups is 1. The lowest BCUT2D eigenvalue weighted by molar-refractivity contribution is 0.0880. The number of nitrogens with zero attached hydrogens (tertiary/aromatic N) is 4. The highest BCUT2D eigenvalue weighted by Crippen LogP contribution is 2.18. The molecule has 0 saturated carbocycles. The van der Waals surface area contributed by atoms with E-state index in [1.54, 1.807) is 0 Å². The summed E-state index contributed by atoms with van der Waals surface area (Å²) >= 11 is 0. The standard InChI is InChI=1S/C18H26N4O/c1-3-17-19-18(4-2)22(20-17)13-16(23)12-21-10-9-14-7-5-6-8-15(14)11-21/h5-8,16,23H,3-4,9-13H2,1-2H3. The molecule has 1 unspecified atom stereocenters. The predicted molar refractivity (Wildman–Crippen MR) is 90.2 cm³/mol. The molecule has 124 valence electrons. The minimum absolute atomic E-state index is 0.419. The van der Waals surface area contributed by atoms with Gasteiger partial charge in [-0.25, -0.2) is 9.67 Å². The van der Waals surface area contributed by atoms with Gasteiger partial charge in [-0.05, 0) is 17.5 Å². The number of fused-ring (bicyclic) bond motifs is 1. The minimum atomic E-state index is -0.419. The SMILES string of the molecule is CCc1nc(CC)n(CC(O)CN2CCc3ccccc3C2)n1. The Morgan fingerprint density at radius 3 is 2.65 bits per heavy atom. The number of hydrogen-bond donors (Lipinski definition) is 1. The maximum absolute atomic E-state index is 10.5. The Kier molecular flexibility index (Phi) is 5.08. The maximum Gasteiger partial charge on any atom is 0.150 e. The zero-order valence-corrected chi connectivity index (χ0v) is 14.1. The third-order valence-corrected chi connectivity index (χ3v) is 4.49. The van der Waals surface area contributed by atoms with Gasteiger partial charge in [-0.3, -0.25) is 4.90 Å². The molecule has 0 bridgehead atoms. The van der Waals surface area contributed by atoms with Crippen molar-refractivity contribution in [3.63, 3.8) is 0 Å². The first-order chi connectivity index (χ1) is 11.2. The van der Waals surface area contributed by atoms with E-state index in [2.05, 4.69) is 53.1 Å². The lowest BCUT2D eigenvalue weighted by Crippen LogP contribution is -2.38. The van der Waals surface area contributed by atoms with Crippen LogP contribution in [0.25, 0.3) is 0 Å². The van der Waals surface area contributed by atoms with Gasteiger partial charge in [0.1, 0.15) is 5.82 Å². The quantitative estimate of drug-likeness (QED) is 0.884. The molecule has 0 saturated heterocycles. The normalized spacial score (nSPS) is 16.3. The molecule has 1 aromatic carbocycles. The molecule has 5 nitrogen and oxygen atoms in total.